The molecule has 4 N–H and O–H groups in total. The molecule has 0 saturated carbocycles. The Hall–Kier alpha value is 0.0300. The topological polar surface area (TPSA) is 67.2 Å². The third-order valence-electron chi connectivity index (χ3n) is 1.63. The first-order chi connectivity index (χ1) is 5.26. The van der Waals surface area contributed by atoms with Crippen LogP contribution < -0.4 is 16.4 Å². The van der Waals surface area contributed by atoms with Gasteiger partial charge in [-0.05, 0) is 6.26 Å². The summed E-state index contributed by atoms with van der Waals surface area (Å²) in [5.74, 6) is 0.0820. The molecule has 72 valence electrons. The Morgan fingerprint density at radius 3 is 2.92 bits per heavy atom. The molecular formula is C6H14ClN3OS. The summed E-state index contributed by atoms with van der Waals surface area (Å²) in [5, 5.41) is 5.98. The Kier molecular flexibility index (Phi) is 5.65. The molecule has 0 aromatic rings. The van der Waals surface area contributed by atoms with Crippen LogP contribution in [0.1, 0.15) is 6.42 Å². The third-order valence-corrected chi connectivity index (χ3v) is 2.36. The van der Waals surface area contributed by atoms with Crippen molar-refractivity contribution < 1.29 is 4.79 Å². The van der Waals surface area contributed by atoms with Crippen molar-refractivity contribution in [3.05, 3.63) is 0 Å². The van der Waals surface area contributed by atoms with Crippen LogP contribution >= 0.6 is 24.2 Å². The first-order valence-electron chi connectivity index (χ1n) is 3.54. The van der Waals surface area contributed by atoms with E-state index in [-0.39, 0.29) is 29.9 Å². The van der Waals surface area contributed by atoms with Gasteiger partial charge in [-0.2, -0.15) is 0 Å². The van der Waals surface area contributed by atoms with Crippen molar-refractivity contribution in [2.24, 2.45) is 5.73 Å². The molecule has 1 aliphatic heterocycles. The van der Waals surface area contributed by atoms with Crippen LogP contribution in [0.3, 0.4) is 0 Å². The molecule has 1 heterocycles. The van der Waals surface area contributed by atoms with Crippen LogP contribution in [0.25, 0.3) is 0 Å². The van der Waals surface area contributed by atoms with E-state index in [1.807, 2.05) is 6.26 Å². The van der Waals surface area contributed by atoms with Crippen LogP contribution in [0.4, 0.5) is 0 Å². The van der Waals surface area contributed by atoms with Crippen molar-refractivity contribution in [1.29, 1.82) is 0 Å². The molecule has 6 heteroatoms. The predicted molar refractivity (Wildman–Crippen MR) is 53.3 cm³/mol. The van der Waals surface area contributed by atoms with Gasteiger partial charge in [-0.1, -0.05) is 0 Å². The number of hydrogen-bond donors (Lipinski definition) is 3. The molecule has 12 heavy (non-hydrogen) atoms. The number of thioether (sulfide) groups is 1. The molecule has 2 unspecified atom stereocenters. The quantitative estimate of drug-likeness (QED) is 0.576. The molecule has 0 aromatic carbocycles. The summed E-state index contributed by atoms with van der Waals surface area (Å²) in [6, 6.07) is 0.140. The number of carbonyl (C=O) groups excluding carboxylic acids is 1. The predicted octanol–water partition coefficient (Wildman–Crippen LogP) is -0.508. The number of rotatable bonds is 2. The van der Waals surface area contributed by atoms with Crippen LogP contribution in [-0.4, -0.2) is 30.2 Å². The van der Waals surface area contributed by atoms with Gasteiger partial charge >= 0.3 is 0 Å². The molecule has 1 amide bonds. The number of nitrogens with two attached hydrogens (primary N) is 1. The SMILES string of the molecule is CSC1NC(=O)CC(CN)N1.Cl. The van der Waals surface area contributed by atoms with E-state index < -0.39 is 0 Å². The van der Waals surface area contributed by atoms with E-state index in [0.29, 0.717) is 13.0 Å². The normalized spacial score (nSPS) is 29.0. The summed E-state index contributed by atoms with van der Waals surface area (Å²) < 4.78 is 0. The second-order valence-corrected chi connectivity index (χ2v) is 3.43. The van der Waals surface area contributed by atoms with Gasteiger partial charge in [0.15, 0.2) is 0 Å². The van der Waals surface area contributed by atoms with Gasteiger partial charge in [0.05, 0.1) is 0 Å². The number of carbonyl (C=O) groups is 1. The van der Waals surface area contributed by atoms with E-state index in [0.717, 1.165) is 0 Å². The summed E-state index contributed by atoms with van der Waals surface area (Å²) in [5.41, 5.74) is 5.46. The highest BCUT2D eigenvalue weighted by Crippen LogP contribution is 2.07. The lowest BCUT2D eigenvalue weighted by Crippen LogP contribution is -2.56. The molecule has 1 saturated heterocycles. The Labute approximate surface area is 82.4 Å². The van der Waals surface area contributed by atoms with E-state index in [1.165, 1.54) is 0 Å². The summed E-state index contributed by atoms with van der Waals surface area (Å²) >= 11 is 1.57. The maximum atomic E-state index is 11.0. The van der Waals surface area contributed by atoms with Crippen molar-refractivity contribution in [3.8, 4) is 0 Å². The maximum Gasteiger partial charge on any atom is 0.223 e. The molecule has 1 aliphatic rings. The summed E-state index contributed by atoms with van der Waals surface area (Å²) in [7, 11) is 0. The van der Waals surface area contributed by atoms with E-state index in [9.17, 15) is 4.79 Å². The lowest BCUT2D eigenvalue weighted by Gasteiger charge is -2.29. The Balaban J connectivity index is 0.00000121. The monoisotopic (exact) mass is 211 g/mol. The maximum absolute atomic E-state index is 11.0. The highest BCUT2D eigenvalue weighted by atomic mass is 35.5. The van der Waals surface area contributed by atoms with Crippen LogP contribution in [0.5, 0.6) is 0 Å². The van der Waals surface area contributed by atoms with E-state index >= 15 is 0 Å². The van der Waals surface area contributed by atoms with Crippen molar-refractivity contribution >= 4 is 30.1 Å². The molecule has 0 bridgehead atoms. The fourth-order valence-corrected chi connectivity index (χ4v) is 1.60. The first-order valence-corrected chi connectivity index (χ1v) is 4.83. The summed E-state index contributed by atoms with van der Waals surface area (Å²) in [6.45, 7) is 0.518. The van der Waals surface area contributed by atoms with Gasteiger partial charge in [0.1, 0.15) is 5.50 Å². The van der Waals surface area contributed by atoms with Crippen LogP contribution in [-0.2, 0) is 4.79 Å². The van der Waals surface area contributed by atoms with Gasteiger partial charge in [0.2, 0.25) is 5.91 Å². The second kappa shape index (κ2) is 5.64. The minimum Gasteiger partial charge on any atom is -0.332 e. The molecule has 0 radical (unpaired) electrons. The lowest BCUT2D eigenvalue weighted by atomic mass is 10.2. The Morgan fingerprint density at radius 2 is 2.42 bits per heavy atom. The Bertz CT molecular complexity index is 144. The highest BCUT2D eigenvalue weighted by molar-refractivity contribution is 7.99. The van der Waals surface area contributed by atoms with Crippen molar-refractivity contribution in [2.75, 3.05) is 12.8 Å². The average molecular weight is 212 g/mol. The van der Waals surface area contributed by atoms with Gasteiger partial charge in [-0.3, -0.25) is 10.1 Å². The molecule has 4 nitrogen and oxygen atoms in total. The minimum atomic E-state index is 0. The molecule has 0 aromatic heterocycles. The zero-order valence-electron chi connectivity index (χ0n) is 6.87. The van der Waals surface area contributed by atoms with E-state index in [1.54, 1.807) is 11.8 Å². The van der Waals surface area contributed by atoms with Gasteiger partial charge < -0.3 is 11.1 Å². The number of amides is 1. The number of halogens is 1. The van der Waals surface area contributed by atoms with Crippen LogP contribution in [0.15, 0.2) is 0 Å². The van der Waals surface area contributed by atoms with E-state index in [4.69, 9.17) is 5.73 Å². The standard InChI is InChI=1S/C6H13N3OS.ClH/c1-11-6-8-4(3-7)2-5(10)9-6;/h4,6,8H,2-3,7H2,1H3,(H,9,10);1H. The highest BCUT2D eigenvalue weighted by Gasteiger charge is 2.23. The first kappa shape index (κ1) is 12.0. The van der Waals surface area contributed by atoms with Crippen molar-refractivity contribution in [3.63, 3.8) is 0 Å². The van der Waals surface area contributed by atoms with Crippen LogP contribution in [0.2, 0.25) is 0 Å². The molecule has 0 spiro atoms. The Morgan fingerprint density at radius 1 is 1.75 bits per heavy atom. The molecule has 0 aliphatic carbocycles. The molecule has 2 atom stereocenters. The van der Waals surface area contributed by atoms with Gasteiger partial charge in [0, 0.05) is 19.0 Å². The zero-order valence-corrected chi connectivity index (χ0v) is 8.50. The van der Waals surface area contributed by atoms with E-state index in [2.05, 4.69) is 10.6 Å². The van der Waals surface area contributed by atoms with Gasteiger partial charge in [-0.15, -0.1) is 24.2 Å². The fraction of sp³-hybridized carbons (Fsp3) is 0.833. The smallest absolute Gasteiger partial charge is 0.223 e. The molecule has 1 rings (SSSR count). The van der Waals surface area contributed by atoms with Crippen LogP contribution in [0, 0.1) is 0 Å². The third kappa shape index (κ3) is 3.18. The van der Waals surface area contributed by atoms with Gasteiger partial charge in [-0.25, -0.2) is 0 Å². The lowest BCUT2D eigenvalue weighted by molar-refractivity contribution is -0.123. The number of hydrogen-bond acceptors (Lipinski definition) is 4. The summed E-state index contributed by atoms with van der Waals surface area (Å²) in [6.07, 6.45) is 2.43. The van der Waals surface area contributed by atoms with Crippen molar-refractivity contribution in [1.82, 2.24) is 10.6 Å². The largest absolute Gasteiger partial charge is 0.332 e. The van der Waals surface area contributed by atoms with Gasteiger partial charge in [0.25, 0.3) is 0 Å². The zero-order chi connectivity index (χ0) is 8.27. The molecular weight excluding hydrogens is 198 g/mol. The fourth-order valence-electron chi connectivity index (χ4n) is 1.02. The average Bonchev–Trinajstić information content (AvgIpc) is 2.03. The number of nitrogens with one attached hydrogen (secondary N) is 2. The summed E-state index contributed by atoms with van der Waals surface area (Å²) in [4.78, 5) is 11.0. The van der Waals surface area contributed by atoms with Crippen molar-refractivity contribution in [2.45, 2.75) is 18.0 Å². The molecule has 1 fully saturated rings. The minimum absolute atomic E-state index is 0. The second-order valence-electron chi connectivity index (χ2n) is 2.49.